The molecule has 1 unspecified atom stereocenters. The third kappa shape index (κ3) is 1.36. The van der Waals surface area contributed by atoms with Crippen LogP contribution < -0.4 is 0 Å². The minimum Gasteiger partial charge on any atom is -0.377 e. The molecule has 1 atom stereocenters. The summed E-state index contributed by atoms with van der Waals surface area (Å²) in [6.45, 7) is 0.752. The van der Waals surface area contributed by atoms with Gasteiger partial charge in [0, 0.05) is 19.4 Å². The molecule has 0 bridgehead atoms. The quantitative estimate of drug-likeness (QED) is 0.611. The first-order valence-electron chi connectivity index (χ1n) is 4.81. The Labute approximate surface area is 77.7 Å². The summed E-state index contributed by atoms with van der Waals surface area (Å²) in [6.07, 6.45) is 4.00. The molecule has 70 valence electrons. The van der Waals surface area contributed by atoms with Crippen LogP contribution in [0.2, 0.25) is 0 Å². The highest BCUT2D eigenvalue weighted by atomic mass is 16.5. The number of ether oxygens (including phenoxy) is 1. The van der Waals surface area contributed by atoms with E-state index in [0.717, 1.165) is 25.9 Å². The summed E-state index contributed by atoms with van der Waals surface area (Å²) in [6, 6.07) is 2.27. The number of nitrogens with zero attached hydrogens (tertiary/aromatic N) is 1. The molecule has 0 aromatic carbocycles. The molecule has 3 nitrogen and oxygen atoms in total. The molecular formula is C10H13NO2. The Balaban J connectivity index is 2.04. The molecule has 2 fully saturated rings. The van der Waals surface area contributed by atoms with Crippen molar-refractivity contribution in [1.29, 1.82) is 5.26 Å². The third-order valence-corrected chi connectivity index (χ3v) is 3.04. The van der Waals surface area contributed by atoms with Crippen molar-refractivity contribution in [3.63, 3.8) is 0 Å². The normalized spacial score (nSPS) is 31.9. The van der Waals surface area contributed by atoms with Crippen molar-refractivity contribution in [2.75, 3.05) is 6.61 Å². The highest BCUT2D eigenvalue weighted by molar-refractivity contribution is 5.87. The average Bonchev–Trinajstić information content (AvgIpc) is 2.14. The van der Waals surface area contributed by atoms with Gasteiger partial charge >= 0.3 is 0 Å². The minimum atomic E-state index is -0.461. The zero-order chi connectivity index (χ0) is 9.31. The van der Waals surface area contributed by atoms with Gasteiger partial charge in [0.25, 0.3) is 0 Å². The Morgan fingerprint density at radius 3 is 2.69 bits per heavy atom. The standard InChI is InChI=1S/C10H13NO2/c11-7-10(5-8(12)6-10)9-3-1-2-4-13-9/h9H,1-6H2. The highest BCUT2D eigenvalue weighted by Crippen LogP contribution is 2.44. The van der Waals surface area contributed by atoms with Crippen LogP contribution >= 0.6 is 0 Å². The molecular weight excluding hydrogens is 166 g/mol. The predicted molar refractivity (Wildman–Crippen MR) is 45.9 cm³/mol. The van der Waals surface area contributed by atoms with E-state index in [1.54, 1.807) is 0 Å². The Morgan fingerprint density at radius 2 is 2.23 bits per heavy atom. The maximum absolute atomic E-state index is 10.9. The first-order valence-corrected chi connectivity index (χ1v) is 4.81. The van der Waals surface area contributed by atoms with Crippen molar-refractivity contribution in [1.82, 2.24) is 0 Å². The van der Waals surface area contributed by atoms with Gasteiger partial charge in [0.05, 0.1) is 17.6 Å². The van der Waals surface area contributed by atoms with Crippen LogP contribution in [0.25, 0.3) is 0 Å². The number of hydrogen-bond donors (Lipinski definition) is 0. The van der Waals surface area contributed by atoms with Crippen molar-refractivity contribution in [2.24, 2.45) is 5.41 Å². The van der Waals surface area contributed by atoms with Gasteiger partial charge in [-0.05, 0) is 19.3 Å². The lowest BCUT2D eigenvalue weighted by Crippen LogP contribution is -2.48. The zero-order valence-electron chi connectivity index (χ0n) is 7.58. The van der Waals surface area contributed by atoms with E-state index in [4.69, 9.17) is 10.00 Å². The molecule has 1 aliphatic heterocycles. The molecule has 0 aromatic rings. The van der Waals surface area contributed by atoms with Crippen LogP contribution in [-0.4, -0.2) is 18.5 Å². The Hall–Kier alpha value is -0.880. The topological polar surface area (TPSA) is 50.1 Å². The molecule has 1 heterocycles. The molecule has 2 rings (SSSR count). The van der Waals surface area contributed by atoms with Crippen LogP contribution in [-0.2, 0) is 9.53 Å². The van der Waals surface area contributed by atoms with Gasteiger partial charge in [-0.15, -0.1) is 0 Å². The second kappa shape index (κ2) is 3.12. The number of carbonyl (C=O) groups excluding carboxylic acids is 1. The molecule has 0 radical (unpaired) electrons. The maximum Gasteiger partial charge on any atom is 0.136 e. The summed E-state index contributed by atoms with van der Waals surface area (Å²) in [4.78, 5) is 10.9. The van der Waals surface area contributed by atoms with Gasteiger partial charge in [-0.25, -0.2) is 0 Å². The largest absolute Gasteiger partial charge is 0.377 e. The smallest absolute Gasteiger partial charge is 0.136 e. The Bertz CT molecular complexity index is 253. The van der Waals surface area contributed by atoms with Crippen LogP contribution in [0.3, 0.4) is 0 Å². The van der Waals surface area contributed by atoms with E-state index in [9.17, 15) is 4.79 Å². The fourth-order valence-corrected chi connectivity index (χ4v) is 2.21. The van der Waals surface area contributed by atoms with E-state index in [-0.39, 0.29) is 11.9 Å². The van der Waals surface area contributed by atoms with Gasteiger partial charge in [-0.2, -0.15) is 5.26 Å². The lowest BCUT2D eigenvalue weighted by Gasteiger charge is -2.42. The summed E-state index contributed by atoms with van der Waals surface area (Å²) >= 11 is 0. The number of ketones is 1. The van der Waals surface area contributed by atoms with E-state index in [2.05, 4.69) is 6.07 Å². The molecule has 2 aliphatic rings. The molecule has 1 aliphatic carbocycles. The number of Topliss-reactive ketones (excluding diaryl/α,β-unsaturated/α-hetero) is 1. The first-order chi connectivity index (χ1) is 6.27. The van der Waals surface area contributed by atoms with E-state index in [1.807, 2.05) is 0 Å². The van der Waals surface area contributed by atoms with Gasteiger partial charge in [0.15, 0.2) is 0 Å². The van der Waals surface area contributed by atoms with Crippen LogP contribution in [0, 0.1) is 16.7 Å². The van der Waals surface area contributed by atoms with Crippen LogP contribution in [0.4, 0.5) is 0 Å². The van der Waals surface area contributed by atoms with Crippen LogP contribution in [0.1, 0.15) is 32.1 Å². The van der Waals surface area contributed by atoms with E-state index in [0.29, 0.717) is 12.8 Å². The summed E-state index contributed by atoms with van der Waals surface area (Å²) in [5.74, 6) is 0.204. The summed E-state index contributed by atoms with van der Waals surface area (Å²) < 4.78 is 5.55. The molecule has 0 spiro atoms. The van der Waals surface area contributed by atoms with Crippen LogP contribution in [0.15, 0.2) is 0 Å². The summed E-state index contributed by atoms with van der Waals surface area (Å²) in [7, 11) is 0. The highest BCUT2D eigenvalue weighted by Gasteiger charge is 2.50. The van der Waals surface area contributed by atoms with Gasteiger partial charge in [0.2, 0.25) is 0 Å². The third-order valence-electron chi connectivity index (χ3n) is 3.04. The van der Waals surface area contributed by atoms with E-state index < -0.39 is 5.41 Å². The van der Waals surface area contributed by atoms with Crippen molar-refractivity contribution in [2.45, 2.75) is 38.2 Å². The van der Waals surface area contributed by atoms with Crippen molar-refractivity contribution in [3.05, 3.63) is 0 Å². The number of rotatable bonds is 1. The SMILES string of the molecule is N#CC1(C2CCCCO2)CC(=O)C1. The van der Waals surface area contributed by atoms with Crippen molar-refractivity contribution < 1.29 is 9.53 Å². The first kappa shape index (κ1) is 8.71. The number of nitriles is 1. The Kier molecular flexibility index (Phi) is 2.09. The van der Waals surface area contributed by atoms with Crippen molar-refractivity contribution >= 4 is 5.78 Å². The zero-order valence-corrected chi connectivity index (χ0v) is 7.58. The monoisotopic (exact) mass is 179 g/mol. The number of carbonyl (C=O) groups is 1. The minimum absolute atomic E-state index is 0.0175. The molecule has 0 aromatic heterocycles. The van der Waals surface area contributed by atoms with Gasteiger partial charge < -0.3 is 4.74 Å². The summed E-state index contributed by atoms with van der Waals surface area (Å²) in [5, 5.41) is 9.02. The van der Waals surface area contributed by atoms with Crippen LogP contribution in [0.5, 0.6) is 0 Å². The van der Waals surface area contributed by atoms with E-state index in [1.165, 1.54) is 0 Å². The fraction of sp³-hybridized carbons (Fsp3) is 0.800. The second-order valence-corrected chi connectivity index (χ2v) is 4.02. The number of hydrogen-bond acceptors (Lipinski definition) is 3. The lowest BCUT2D eigenvalue weighted by atomic mass is 9.64. The fourth-order valence-electron chi connectivity index (χ4n) is 2.21. The lowest BCUT2D eigenvalue weighted by molar-refractivity contribution is -0.141. The second-order valence-electron chi connectivity index (χ2n) is 4.02. The molecule has 0 amide bonds. The molecule has 3 heteroatoms. The molecule has 1 saturated heterocycles. The molecule has 0 N–H and O–H groups in total. The molecule has 1 saturated carbocycles. The van der Waals surface area contributed by atoms with Gasteiger partial charge in [-0.3, -0.25) is 4.79 Å². The average molecular weight is 179 g/mol. The Morgan fingerprint density at radius 1 is 1.46 bits per heavy atom. The molecule has 13 heavy (non-hydrogen) atoms. The van der Waals surface area contributed by atoms with Crippen molar-refractivity contribution in [3.8, 4) is 6.07 Å². The predicted octanol–water partition coefficient (Wildman–Crippen LogP) is 1.43. The maximum atomic E-state index is 10.9. The van der Waals surface area contributed by atoms with Gasteiger partial charge in [0.1, 0.15) is 5.78 Å². The van der Waals surface area contributed by atoms with E-state index >= 15 is 0 Å². The van der Waals surface area contributed by atoms with Gasteiger partial charge in [-0.1, -0.05) is 0 Å². The summed E-state index contributed by atoms with van der Waals surface area (Å²) in [5.41, 5.74) is -0.461.